The molecule has 0 aliphatic rings. The van der Waals surface area contributed by atoms with E-state index in [0.29, 0.717) is 0 Å². The number of likely N-dealkylation sites (N-methyl/N-ethyl adjacent to an activating group) is 2. The van der Waals surface area contributed by atoms with Crippen LogP contribution in [0.25, 0.3) is 0 Å². The summed E-state index contributed by atoms with van der Waals surface area (Å²) >= 11 is 0. The number of ether oxygens (including phenoxy) is 1. The molecule has 0 aromatic rings. The summed E-state index contributed by atoms with van der Waals surface area (Å²) < 4.78 is 5.50. The molecule has 0 spiro atoms. The zero-order valence-electron chi connectivity index (χ0n) is 8.98. The molecule has 0 aliphatic heterocycles. The third-order valence-electron chi connectivity index (χ3n) is 2.16. The Kier molecular flexibility index (Phi) is 5.46. The molecular weight excluding hydrogens is 152 g/mol. The van der Waals surface area contributed by atoms with Crippen LogP contribution in [0.15, 0.2) is 0 Å². The highest BCUT2D eigenvalue weighted by atomic mass is 16.5. The van der Waals surface area contributed by atoms with Crippen LogP contribution in [0, 0.1) is 0 Å². The molecule has 0 amide bonds. The Balaban J connectivity index is 3.47. The van der Waals surface area contributed by atoms with Crippen molar-refractivity contribution >= 4 is 0 Å². The second-order valence-corrected chi connectivity index (χ2v) is 3.86. The van der Waals surface area contributed by atoms with E-state index in [4.69, 9.17) is 4.74 Å². The van der Waals surface area contributed by atoms with Gasteiger partial charge < -0.3 is 15.0 Å². The minimum absolute atomic E-state index is 0.133. The van der Waals surface area contributed by atoms with Gasteiger partial charge in [-0.25, -0.2) is 0 Å². The van der Waals surface area contributed by atoms with Gasteiger partial charge in [0.15, 0.2) is 0 Å². The molecule has 0 rings (SSSR count). The summed E-state index contributed by atoms with van der Waals surface area (Å²) in [5.74, 6) is 0. The Hall–Kier alpha value is -0.120. The van der Waals surface area contributed by atoms with Crippen LogP contribution in [0.2, 0.25) is 0 Å². The number of rotatable bonds is 6. The molecule has 0 aromatic carbocycles. The molecule has 0 saturated heterocycles. The van der Waals surface area contributed by atoms with Gasteiger partial charge in [-0.2, -0.15) is 0 Å². The van der Waals surface area contributed by atoms with Crippen molar-refractivity contribution in [3.05, 3.63) is 0 Å². The zero-order chi connectivity index (χ0) is 9.61. The highest BCUT2D eigenvalue weighted by Crippen LogP contribution is 2.09. The number of nitrogens with one attached hydrogen (secondary N) is 1. The van der Waals surface area contributed by atoms with Crippen LogP contribution in [-0.4, -0.2) is 51.3 Å². The van der Waals surface area contributed by atoms with Gasteiger partial charge in [0.25, 0.3) is 0 Å². The highest BCUT2D eigenvalue weighted by molar-refractivity contribution is 4.75. The van der Waals surface area contributed by atoms with Crippen LogP contribution in [0.5, 0.6) is 0 Å². The van der Waals surface area contributed by atoms with Gasteiger partial charge in [-0.3, -0.25) is 0 Å². The number of nitrogens with zero attached hydrogens (tertiary/aromatic N) is 1. The van der Waals surface area contributed by atoms with Crippen molar-refractivity contribution in [2.75, 3.05) is 40.9 Å². The molecule has 0 fully saturated rings. The van der Waals surface area contributed by atoms with Gasteiger partial charge in [0, 0.05) is 12.1 Å². The van der Waals surface area contributed by atoms with Crippen LogP contribution in [0.1, 0.15) is 13.8 Å². The molecule has 1 N–H and O–H groups in total. The van der Waals surface area contributed by atoms with Crippen LogP contribution in [0.3, 0.4) is 0 Å². The Labute approximate surface area is 76.1 Å². The molecule has 3 nitrogen and oxygen atoms in total. The van der Waals surface area contributed by atoms with Gasteiger partial charge in [0.1, 0.15) is 0 Å². The topological polar surface area (TPSA) is 24.5 Å². The molecular formula is C9H22N2O. The summed E-state index contributed by atoms with van der Waals surface area (Å²) in [6.07, 6.45) is 0. The first-order valence-corrected chi connectivity index (χ1v) is 4.40. The zero-order valence-corrected chi connectivity index (χ0v) is 8.98. The third-order valence-corrected chi connectivity index (χ3v) is 2.16. The quantitative estimate of drug-likeness (QED) is 0.596. The van der Waals surface area contributed by atoms with Crippen molar-refractivity contribution in [3.63, 3.8) is 0 Å². The first kappa shape index (κ1) is 11.9. The number of hydrogen-bond acceptors (Lipinski definition) is 3. The predicted octanol–water partition coefficient (Wildman–Crippen LogP) is 0.563. The van der Waals surface area contributed by atoms with E-state index in [0.717, 1.165) is 19.8 Å². The molecule has 74 valence electrons. The summed E-state index contributed by atoms with van der Waals surface area (Å²) in [6.45, 7) is 6.83. The van der Waals surface area contributed by atoms with Crippen molar-refractivity contribution in [2.45, 2.75) is 19.4 Å². The minimum atomic E-state index is 0.133. The monoisotopic (exact) mass is 174 g/mol. The van der Waals surface area contributed by atoms with Crippen LogP contribution in [-0.2, 0) is 4.74 Å². The summed E-state index contributed by atoms with van der Waals surface area (Å²) in [5, 5.41) is 3.04. The Bertz CT molecular complexity index is 113. The maximum atomic E-state index is 5.50. The van der Waals surface area contributed by atoms with E-state index in [1.165, 1.54) is 0 Å². The maximum Gasteiger partial charge on any atom is 0.0645 e. The highest BCUT2D eigenvalue weighted by Gasteiger charge is 2.19. The second-order valence-electron chi connectivity index (χ2n) is 3.86. The lowest BCUT2D eigenvalue weighted by Gasteiger charge is -2.32. The predicted molar refractivity (Wildman–Crippen MR) is 52.5 cm³/mol. The summed E-state index contributed by atoms with van der Waals surface area (Å²) in [4.78, 5) is 2.17. The van der Waals surface area contributed by atoms with Gasteiger partial charge in [0.2, 0.25) is 0 Å². The fraction of sp³-hybridized carbons (Fsp3) is 1.00. The SMILES string of the molecule is CNCCOCC(C)(C)N(C)C. The molecule has 0 bridgehead atoms. The molecule has 0 radical (unpaired) electrons. The first-order chi connectivity index (χ1) is 5.50. The molecule has 3 heteroatoms. The van der Waals surface area contributed by atoms with Gasteiger partial charge >= 0.3 is 0 Å². The molecule has 0 aliphatic carbocycles. The largest absolute Gasteiger partial charge is 0.378 e. The Morgan fingerprint density at radius 3 is 2.33 bits per heavy atom. The molecule has 0 aromatic heterocycles. The molecule has 0 heterocycles. The van der Waals surface area contributed by atoms with Crippen molar-refractivity contribution in [2.24, 2.45) is 0 Å². The van der Waals surface area contributed by atoms with Crippen molar-refractivity contribution in [1.82, 2.24) is 10.2 Å². The summed E-state index contributed by atoms with van der Waals surface area (Å²) in [5.41, 5.74) is 0.133. The van der Waals surface area contributed by atoms with E-state index >= 15 is 0 Å². The normalized spacial score (nSPS) is 12.5. The first-order valence-electron chi connectivity index (χ1n) is 4.40. The average molecular weight is 174 g/mol. The van der Waals surface area contributed by atoms with Gasteiger partial charge in [-0.1, -0.05) is 0 Å². The van der Waals surface area contributed by atoms with Crippen molar-refractivity contribution < 1.29 is 4.74 Å². The lowest BCUT2D eigenvalue weighted by Crippen LogP contribution is -2.42. The Morgan fingerprint density at radius 2 is 1.92 bits per heavy atom. The number of hydrogen-bond donors (Lipinski definition) is 1. The smallest absolute Gasteiger partial charge is 0.0645 e. The maximum absolute atomic E-state index is 5.50. The van der Waals surface area contributed by atoms with E-state index in [-0.39, 0.29) is 5.54 Å². The standard InChI is InChI=1S/C9H22N2O/c1-9(2,11(4)5)8-12-7-6-10-3/h10H,6-8H2,1-5H3. The van der Waals surface area contributed by atoms with E-state index in [9.17, 15) is 0 Å². The Morgan fingerprint density at radius 1 is 1.33 bits per heavy atom. The lowest BCUT2D eigenvalue weighted by atomic mass is 10.1. The van der Waals surface area contributed by atoms with Gasteiger partial charge in [0.05, 0.1) is 13.2 Å². The van der Waals surface area contributed by atoms with E-state index in [1.807, 2.05) is 7.05 Å². The summed E-state index contributed by atoms with van der Waals surface area (Å²) in [7, 11) is 6.07. The van der Waals surface area contributed by atoms with E-state index < -0.39 is 0 Å². The van der Waals surface area contributed by atoms with Gasteiger partial charge in [-0.15, -0.1) is 0 Å². The van der Waals surface area contributed by atoms with Crippen LogP contribution >= 0.6 is 0 Å². The fourth-order valence-electron chi connectivity index (χ4n) is 0.625. The fourth-order valence-corrected chi connectivity index (χ4v) is 0.625. The van der Waals surface area contributed by atoms with Crippen LogP contribution in [0.4, 0.5) is 0 Å². The van der Waals surface area contributed by atoms with Crippen molar-refractivity contribution in [3.8, 4) is 0 Å². The molecule has 0 atom stereocenters. The molecule has 12 heavy (non-hydrogen) atoms. The van der Waals surface area contributed by atoms with Crippen molar-refractivity contribution in [1.29, 1.82) is 0 Å². The van der Waals surface area contributed by atoms with E-state index in [1.54, 1.807) is 0 Å². The third kappa shape index (κ3) is 4.70. The molecule has 0 saturated carbocycles. The van der Waals surface area contributed by atoms with Gasteiger partial charge in [-0.05, 0) is 35.0 Å². The summed E-state index contributed by atoms with van der Waals surface area (Å²) in [6, 6.07) is 0. The lowest BCUT2D eigenvalue weighted by molar-refractivity contribution is 0.0381. The average Bonchev–Trinajstić information content (AvgIpc) is 1.98. The minimum Gasteiger partial charge on any atom is -0.378 e. The second kappa shape index (κ2) is 5.51. The van der Waals surface area contributed by atoms with Crippen LogP contribution < -0.4 is 5.32 Å². The van der Waals surface area contributed by atoms with E-state index in [2.05, 4.69) is 38.2 Å². The molecule has 0 unspecified atom stereocenters.